The van der Waals surface area contributed by atoms with Crippen LogP contribution in [0.4, 0.5) is 10.5 Å². The van der Waals surface area contributed by atoms with E-state index in [1.165, 1.54) is 18.4 Å². The van der Waals surface area contributed by atoms with Crippen LogP contribution >= 0.6 is 11.6 Å². The van der Waals surface area contributed by atoms with E-state index < -0.39 is 0 Å². The average molecular weight is 546 g/mol. The molecule has 2 saturated heterocycles. The summed E-state index contributed by atoms with van der Waals surface area (Å²) in [6.45, 7) is 6.06. The Hall–Kier alpha value is -3.29. The van der Waals surface area contributed by atoms with Crippen molar-refractivity contribution >= 4 is 34.4 Å². The number of anilines is 1. The number of hydrogen-bond acceptors (Lipinski definition) is 4. The van der Waals surface area contributed by atoms with Crippen molar-refractivity contribution in [3.05, 3.63) is 83.0 Å². The van der Waals surface area contributed by atoms with Crippen LogP contribution in [0.5, 0.6) is 0 Å². The van der Waals surface area contributed by atoms with Crippen LogP contribution in [0.2, 0.25) is 5.02 Å². The molecule has 2 fully saturated rings. The van der Waals surface area contributed by atoms with Gasteiger partial charge in [-0.15, -0.1) is 0 Å². The lowest BCUT2D eigenvalue weighted by Crippen LogP contribution is -2.45. The Balaban J connectivity index is 1.12. The van der Waals surface area contributed by atoms with Gasteiger partial charge in [-0.1, -0.05) is 29.8 Å². The molecule has 2 amide bonds. The van der Waals surface area contributed by atoms with E-state index in [2.05, 4.69) is 46.0 Å². The van der Waals surface area contributed by atoms with Gasteiger partial charge in [-0.05, 0) is 87.9 Å². The summed E-state index contributed by atoms with van der Waals surface area (Å²) in [5.74, 6) is 1.84. The van der Waals surface area contributed by atoms with E-state index in [1.807, 2.05) is 42.2 Å². The largest absolute Gasteiger partial charge is 0.467 e. The van der Waals surface area contributed by atoms with Crippen LogP contribution in [0.3, 0.4) is 0 Å². The minimum Gasteiger partial charge on any atom is -0.467 e. The molecule has 8 heteroatoms. The second kappa shape index (κ2) is 11.1. The first-order chi connectivity index (χ1) is 19.0. The Kier molecular flexibility index (Phi) is 7.36. The Bertz CT molecular complexity index is 1430. The zero-order valence-corrected chi connectivity index (χ0v) is 23.4. The second-order valence-corrected chi connectivity index (χ2v) is 11.3. The summed E-state index contributed by atoms with van der Waals surface area (Å²) in [5.41, 5.74) is 4.15. The SMILES string of the molecule is Cc1ccc(N(CCCN2[C@@H]3CC[C@@H]2CC(n2c(C)nc4ccccc42)C3)C(=O)NCc2ccco2)cc1Cl. The molecule has 2 aromatic carbocycles. The molecule has 7 nitrogen and oxygen atoms in total. The minimum atomic E-state index is -0.143. The van der Waals surface area contributed by atoms with Gasteiger partial charge in [-0.2, -0.15) is 0 Å². The fourth-order valence-electron chi connectivity index (χ4n) is 6.63. The molecule has 0 saturated carbocycles. The van der Waals surface area contributed by atoms with Gasteiger partial charge in [0.25, 0.3) is 0 Å². The molecular weight excluding hydrogens is 510 g/mol. The molecule has 0 aliphatic carbocycles. The number of urea groups is 1. The second-order valence-electron chi connectivity index (χ2n) is 10.9. The Morgan fingerprint density at radius 1 is 1.08 bits per heavy atom. The molecule has 2 atom stereocenters. The van der Waals surface area contributed by atoms with Gasteiger partial charge < -0.3 is 14.3 Å². The zero-order chi connectivity index (χ0) is 26.9. The molecule has 0 unspecified atom stereocenters. The monoisotopic (exact) mass is 545 g/mol. The summed E-state index contributed by atoms with van der Waals surface area (Å²) in [4.78, 5) is 22.6. The van der Waals surface area contributed by atoms with E-state index in [9.17, 15) is 4.79 Å². The van der Waals surface area contributed by atoms with Crippen LogP contribution in [0.1, 0.15) is 55.3 Å². The van der Waals surface area contributed by atoms with Gasteiger partial charge in [0, 0.05) is 41.9 Å². The molecule has 0 spiro atoms. The number of piperidine rings is 1. The van der Waals surface area contributed by atoms with Crippen LogP contribution in [0, 0.1) is 13.8 Å². The molecule has 39 heavy (non-hydrogen) atoms. The molecule has 6 rings (SSSR count). The number of carbonyl (C=O) groups is 1. The van der Waals surface area contributed by atoms with Crippen molar-refractivity contribution in [1.29, 1.82) is 0 Å². The first-order valence-corrected chi connectivity index (χ1v) is 14.4. The number of carbonyl (C=O) groups excluding carboxylic acids is 1. The van der Waals surface area contributed by atoms with Gasteiger partial charge in [-0.25, -0.2) is 9.78 Å². The summed E-state index contributed by atoms with van der Waals surface area (Å²) in [6, 6.07) is 19.5. The van der Waals surface area contributed by atoms with Crippen LogP contribution in [-0.2, 0) is 6.54 Å². The highest BCUT2D eigenvalue weighted by atomic mass is 35.5. The lowest BCUT2D eigenvalue weighted by molar-refractivity contribution is 0.107. The van der Waals surface area contributed by atoms with Gasteiger partial charge >= 0.3 is 6.03 Å². The molecule has 2 aliphatic rings. The van der Waals surface area contributed by atoms with Gasteiger partial charge in [0.05, 0.1) is 23.8 Å². The van der Waals surface area contributed by atoms with Crippen molar-refractivity contribution < 1.29 is 9.21 Å². The molecule has 2 aliphatic heterocycles. The zero-order valence-electron chi connectivity index (χ0n) is 22.6. The number of aryl methyl sites for hydroxylation is 2. The number of benzene rings is 2. The number of rotatable bonds is 8. The fraction of sp³-hybridized carbons (Fsp3) is 0.419. The molecular formula is C31H36ClN5O2. The number of nitrogens with zero attached hydrogens (tertiary/aromatic N) is 4. The number of imidazole rings is 1. The number of hydrogen-bond donors (Lipinski definition) is 1. The molecule has 0 radical (unpaired) electrons. The van der Waals surface area contributed by atoms with Crippen molar-refractivity contribution in [3.8, 4) is 0 Å². The van der Waals surface area contributed by atoms with Gasteiger partial charge in [0.1, 0.15) is 11.6 Å². The highest BCUT2D eigenvalue weighted by Gasteiger charge is 2.41. The molecule has 4 aromatic rings. The standard InChI is InChI=1S/C31H36ClN5O2/c1-21-10-11-25(19-28(21)32)36(31(38)33-20-27-7-5-16-39-27)15-6-14-35-23-12-13-24(35)18-26(17-23)37-22(2)34-29-8-3-4-9-30(29)37/h3-5,7-11,16,19,23-24,26H,6,12-15,17-18,20H2,1-2H3,(H,33,38)/t23-,24-/m1/s1. The van der Waals surface area contributed by atoms with E-state index in [-0.39, 0.29) is 6.03 Å². The average Bonchev–Trinajstić information content (AvgIpc) is 3.62. The maximum Gasteiger partial charge on any atom is 0.322 e. The number of aromatic nitrogens is 2. The van der Waals surface area contributed by atoms with E-state index in [1.54, 1.807) is 6.26 Å². The van der Waals surface area contributed by atoms with E-state index >= 15 is 0 Å². The maximum absolute atomic E-state index is 13.3. The first kappa shape index (κ1) is 26.0. The van der Waals surface area contributed by atoms with Gasteiger partial charge in [-0.3, -0.25) is 9.80 Å². The lowest BCUT2D eigenvalue weighted by Gasteiger charge is -2.40. The third kappa shape index (κ3) is 5.30. The van der Waals surface area contributed by atoms with E-state index in [0.717, 1.165) is 54.2 Å². The first-order valence-electron chi connectivity index (χ1n) is 14.0. The highest BCUT2D eigenvalue weighted by Crippen LogP contribution is 2.42. The van der Waals surface area contributed by atoms with Crippen LogP contribution < -0.4 is 10.2 Å². The summed E-state index contributed by atoms with van der Waals surface area (Å²) >= 11 is 6.44. The number of fused-ring (bicyclic) bond motifs is 3. The third-order valence-corrected chi connectivity index (χ3v) is 8.91. The van der Waals surface area contributed by atoms with Crippen LogP contribution in [0.15, 0.2) is 65.3 Å². The van der Waals surface area contributed by atoms with E-state index in [4.69, 9.17) is 21.0 Å². The van der Waals surface area contributed by atoms with Crippen molar-refractivity contribution in [3.63, 3.8) is 0 Å². The quantitative estimate of drug-likeness (QED) is 0.262. The van der Waals surface area contributed by atoms with Crippen molar-refractivity contribution in [2.24, 2.45) is 0 Å². The number of nitrogens with one attached hydrogen (secondary N) is 1. The predicted molar refractivity (Wildman–Crippen MR) is 155 cm³/mol. The summed E-state index contributed by atoms with van der Waals surface area (Å²) in [5, 5.41) is 3.67. The number of amides is 2. The fourth-order valence-corrected chi connectivity index (χ4v) is 6.80. The number of furan rings is 1. The van der Waals surface area contributed by atoms with E-state index in [0.29, 0.717) is 36.2 Å². The van der Waals surface area contributed by atoms with Crippen LogP contribution in [-0.4, -0.2) is 45.7 Å². The Labute approximate surface area is 234 Å². The molecule has 2 bridgehead atoms. The lowest BCUT2D eigenvalue weighted by atomic mass is 9.96. The Morgan fingerprint density at radius 3 is 2.62 bits per heavy atom. The summed E-state index contributed by atoms with van der Waals surface area (Å²) in [6.07, 6.45) is 7.30. The topological polar surface area (TPSA) is 66.5 Å². The molecule has 4 heterocycles. The highest BCUT2D eigenvalue weighted by molar-refractivity contribution is 6.31. The van der Waals surface area contributed by atoms with Crippen molar-refractivity contribution in [1.82, 2.24) is 19.8 Å². The molecule has 1 N–H and O–H groups in total. The smallest absolute Gasteiger partial charge is 0.322 e. The maximum atomic E-state index is 13.3. The third-order valence-electron chi connectivity index (χ3n) is 8.50. The number of para-hydroxylation sites is 2. The van der Waals surface area contributed by atoms with Gasteiger partial charge in [0.15, 0.2) is 0 Å². The van der Waals surface area contributed by atoms with Crippen molar-refractivity contribution in [2.45, 2.75) is 70.6 Å². The summed E-state index contributed by atoms with van der Waals surface area (Å²) < 4.78 is 7.87. The molecule has 2 aromatic heterocycles. The predicted octanol–water partition coefficient (Wildman–Crippen LogP) is 6.87. The van der Waals surface area contributed by atoms with Gasteiger partial charge in [0.2, 0.25) is 0 Å². The Morgan fingerprint density at radius 2 is 1.87 bits per heavy atom. The number of halogens is 1. The minimum absolute atomic E-state index is 0.143. The normalized spacial score (nSPS) is 20.9. The van der Waals surface area contributed by atoms with Crippen LogP contribution in [0.25, 0.3) is 11.0 Å². The summed E-state index contributed by atoms with van der Waals surface area (Å²) in [7, 11) is 0. The molecule has 204 valence electrons. The van der Waals surface area contributed by atoms with Crippen molar-refractivity contribution in [2.75, 3.05) is 18.0 Å².